The second-order valence-electron chi connectivity index (χ2n) is 6.25. The zero-order valence-electron chi connectivity index (χ0n) is 15.4. The van der Waals surface area contributed by atoms with E-state index in [1.165, 1.54) is 17.0 Å². The third-order valence-electron chi connectivity index (χ3n) is 4.34. The van der Waals surface area contributed by atoms with Crippen LogP contribution in [0, 0.1) is 17.1 Å². The Morgan fingerprint density at radius 3 is 2.72 bits per heavy atom. The van der Waals surface area contributed by atoms with Gasteiger partial charge in [-0.15, -0.1) is 12.4 Å². The van der Waals surface area contributed by atoms with Gasteiger partial charge in [-0.3, -0.25) is 9.69 Å². The molecule has 0 radical (unpaired) electrons. The van der Waals surface area contributed by atoms with Crippen molar-refractivity contribution in [1.82, 2.24) is 10.2 Å². The molecule has 9 heteroatoms. The minimum absolute atomic E-state index is 0. The van der Waals surface area contributed by atoms with Gasteiger partial charge in [-0.25, -0.2) is 9.18 Å². The molecule has 1 heterocycles. The average Bonchev–Trinajstić information content (AvgIpc) is 2.73. The molecule has 0 aromatic heterocycles. The highest BCUT2D eigenvalue weighted by molar-refractivity contribution is 5.97. The van der Waals surface area contributed by atoms with Gasteiger partial charge < -0.3 is 15.4 Å². The van der Waals surface area contributed by atoms with E-state index in [2.05, 4.69) is 10.6 Å². The van der Waals surface area contributed by atoms with Gasteiger partial charge in [0.2, 0.25) is 5.91 Å². The van der Waals surface area contributed by atoms with E-state index in [1.807, 2.05) is 30.3 Å². The van der Waals surface area contributed by atoms with Crippen molar-refractivity contribution in [2.45, 2.75) is 12.6 Å². The van der Waals surface area contributed by atoms with Crippen molar-refractivity contribution >= 4 is 30.1 Å². The summed E-state index contributed by atoms with van der Waals surface area (Å²) in [7, 11) is 0. The molecule has 29 heavy (non-hydrogen) atoms. The van der Waals surface area contributed by atoms with Gasteiger partial charge in [-0.2, -0.15) is 5.26 Å². The Morgan fingerprint density at radius 2 is 2.03 bits per heavy atom. The average molecular weight is 419 g/mol. The molecule has 1 unspecified atom stereocenters. The topological polar surface area (TPSA) is 94.5 Å². The smallest absolute Gasteiger partial charge is 0.410 e. The van der Waals surface area contributed by atoms with Crippen LogP contribution in [-0.4, -0.2) is 42.6 Å². The lowest BCUT2D eigenvalue weighted by Crippen LogP contribution is -2.58. The first-order valence-corrected chi connectivity index (χ1v) is 8.77. The molecule has 2 amide bonds. The first kappa shape index (κ1) is 22.1. The summed E-state index contributed by atoms with van der Waals surface area (Å²) < 4.78 is 19.1. The third-order valence-corrected chi connectivity index (χ3v) is 4.34. The summed E-state index contributed by atoms with van der Waals surface area (Å²) in [5, 5.41) is 14.4. The van der Waals surface area contributed by atoms with Crippen LogP contribution >= 0.6 is 12.4 Å². The lowest BCUT2D eigenvalue weighted by Gasteiger charge is -2.34. The van der Waals surface area contributed by atoms with Gasteiger partial charge in [0.15, 0.2) is 0 Å². The summed E-state index contributed by atoms with van der Waals surface area (Å²) in [6, 6.07) is 14.0. The molecule has 152 valence electrons. The molecule has 2 aromatic rings. The number of halogens is 2. The molecule has 7 nitrogen and oxygen atoms in total. The molecule has 1 aliphatic rings. The Hall–Kier alpha value is -3.15. The van der Waals surface area contributed by atoms with Gasteiger partial charge in [-0.05, 0) is 23.8 Å². The van der Waals surface area contributed by atoms with Gasteiger partial charge in [0.1, 0.15) is 24.5 Å². The molecule has 1 atom stereocenters. The van der Waals surface area contributed by atoms with Crippen LogP contribution in [0.5, 0.6) is 0 Å². The first-order chi connectivity index (χ1) is 13.6. The largest absolute Gasteiger partial charge is 0.445 e. The minimum Gasteiger partial charge on any atom is -0.445 e. The maximum absolute atomic E-state index is 13.7. The number of hydrogen-bond acceptors (Lipinski definition) is 5. The van der Waals surface area contributed by atoms with Crippen molar-refractivity contribution in [2.24, 2.45) is 0 Å². The number of rotatable bonds is 4. The van der Waals surface area contributed by atoms with E-state index in [0.29, 0.717) is 13.1 Å². The molecule has 0 bridgehead atoms. The lowest BCUT2D eigenvalue weighted by molar-refractivity contribution is -0.121. The highest BCUT2D eigenvalue weighted by Gasteiger charge is 2.33. The van der Waals surface area contributed by atoms with Crippen molar-refractivity contribution in [3.05, 3.63) is 65.5 Å². The Morgan fingerprint density at radius 1 is 1.28 bits per heavy atom. The van der Waals surface area contributed by atoms with E-state index >= 15 is 0 Å². The number of amides is 2. The molecule has 0 spiro atoms. The molecule has 0 saturated carbocycles. The van der Waals surface area contributed by atoms with E-state index in [0.717, 1.165) is 11.6 Å². The number of hydrogen-bond donors (Lipinski definition) is 2. The summed E-state index contributed by atoms with van der Waals surface area (Å²) in [6.07, 6.45) is -0.587. The maximum Gasteiger partial charge on any atom is 0.410 e. The van der Waals surface area contributed by atoms with Crippen LogP contribution in [0.3, 0.4) is 0 Å². The number of benzene rings is 2. The van der Waals surface area contributed by atoms with Crippen molar-refractivity contribution in [3.8, 4) is 6.07 Å². The normalized spacial score (nSPS) is 15.6. The fourth-order valence-corrected chi connectivity index (χ4v) is 2.87. The standard InChI is InChI=1S/C20H19FN4O3.ClH/c21-17-10-16(7-6-15(17)11-22)24-19(26)18-12-23-8-9-25(18)20(27)28-13-14-4-2-1-3-5-14;/h1-7,10,18,23H,8-9,12-13H2,(H,24,26);1H. The zero-order valence-corrected chi connectivity index (χ0v) is 16.2. The SMILES string of the molecule is Cl.N#Cc1ccc(NC(=O)C2CNCCN2C(=O)OCc2ccccc2)cc1F. The Bertz CT molecular complexity index is 904. The summed E-state index contributed by atoms with van der Waals surface area (Å²) >= 11 is 0. The number of anilines is 1. The molecule has 1 saturated heterocycles. The van der Waals surface area contributed by atoms with Gasteiger partial charge in [0.25, 0.3) is 0 Å². The maximum atomic E-state index is 13.7. The van der Waals surface area contributed by atoms with Crippen LogP contribution in [0.2, 0.25) is 0 Å². The van der Waals surface area contributed by atoms with Crippen LogP contribution < -0.4 is 10.6 Å². The monoisotopic (exact) mass is 418 g/mol. The van der Waals surface area contributed by atoms with E-state index in [-0.39, 0.29) is 36.8 Å². The van der Waals surface area contributed by atoms with E-state index in [1.54, 1.807) is 6.07 Å². The van der Waals surface area contributed by atoms with Crippen molar-refractivity contribution in [3.63, 3.8) is 0 Å². The molecule has 3 rings (SSSR count). The zero-order chi connectivity index (χ0) is 19.9. The number of nitrogens with zero attached hydrogens (tertiary/aromatic N) is 2. The predicted molar refractivity (Wildman–Crippen MR) is 107 cm³/mol. The van der Waals surface area contributed by atoms with E-state index < -0.39 is 23.9 Å². The second kappa shape index (κ2) is 10.4. The minimum atomic E-state index is -0.796. The number of ether oxygens (including phenoxy) is 1. The highest BCUT2D eigenvalue weighted by atomic mass is 35.5. The molecule has 2 N–H and O–H groups in total. The fraction of sp³-hybridized carbons (Fsp3) is 0.250. The summed E-state index contributed by atoms with van der Waals surface area (Å²) in [5.74, 6) is -1.19. The van der Waals surface area contributed by atoms with E-state index in [9.17, 15) is 14.0 Å². The second-order valence-corrected chi connectivity index (χ2v) is 6.25. The molecule has 0 aliphatic carbocycles. The van der Waals surface area contributed by atoms with Crippen LogP contribution in [-0.2, 0) is 16.1 Å². The Kier molecular flexibility index (Phi) is 7.95. The number of nitriles is 1. The molecule has 1 aliphatic heterocycles. The number of nitrogens with one attached hydrogen (secondary N) is 2. The molecule has 1 fully saturated rings. The summed E-state index contributed by atoms with van der Waals surface area (Å²) in [4.78, 5) is 26.5. The van der Waals surface area contributed by atoms with Gasteiger partial charge in [0.05, 0.1) is 5.56 Å². The van der Waals surface area contributed by atoms with Crippen LogP contribution in [0.25, 0.3) is 0 Å². The number of piperazine rings is 1. The molecule has 2 aromatic carbocycles. The van der Waals surface area contributed by atoms with Gasteiger partial charge in [0, 0.05) is 25.3 Å². The summed E-state index contributed by atoms with van der Waals surface area (Å²) in [6.45, 7) is 1.22. The van der Waals surface area contributed by atoms with Crippen molar-refractivity contribution in [2.75, 3.05) is 25.0 Å². The number of carbonyl (C=O) groups is 2. The third kappa shape index (κ3) is 5.67. The number of carbonyl (C=O) groups excluding carboxylic acids is 2. The quantitative estimate of drug-likeness (QED) is 0.796. The predicted octanol–water partition coefficient (Wildman–Crippen LogP) is 2.67. The Labute approximate surface area is 173 Å². The van der Waals surface area contributed by atoms with Gasteiger partial charge >= 0.3 is 6.09 Å². The van der Waals surface area contributed by atoms with Crippen LogP contribution in [0.4, 0.5) is 14.9 Å². The fourth-order valence-electron chi connectivity index (χ4n) is 2.87. The molecular formula is C20H20ClFN4O3. The highest BCUT2D eigenvalue weighted by Crippen LogP contribution is 2.16. The molecular weight excluding hydrogens is 399 g/mol. The summed E-state index contributed by atoms with van der Waals surface area (Å²) in [5.41, 5.74) is 0.952. The lowest BCUT2D eigenvalue weighted by atomic mass is 10.1. The van der Waals surface area contributed by atoms with Crippen molar-refractivity contribution in [1.29, 1.82) is 5.26 Å². The van der Waals surface area contributed by atoms with Crippen LogP contribution in [0.15, 0.2) is 48.5 Å². The Balaban J connectivity index is 0.00000300. The first-order valence-electron chi connectivity index (χ1n) is 8.77. The van der Waals surface area contributed by atoms with Gasteiger partial charge in [-0.1, -0.05) is 30.3 Å². The van der Waals surface area contributed by atoms with Crippen LogP contribution in [0.1, 0.15) is 11.1 Å². The van der Waals surface area contributed by atoms with Crippen molar-refractivity contribution < 1.29 is 18.7 Å². The van der Waals surface area contributed by atoms with E-state index in [4.69, 9.17) is 10.00 Å².